The number of nitrogens with one attached hydrogen (secondary N) is 2. The second-order valence-corrected chi connectivity index (χ2v) is 8.17. The summed E-state index contributed by atoms with van der Waals surface area (Å²) < 4.78 is 5.46. The highest BCUT2D eigenvalue weighted by Crippen LogP contribution is 2.26. The molecule has 0 aliphatic carbocycles. The Morgan fingerprint density at radius 3 is 2.78 bits per heavy atom. The Morgan fingerprint density at radius 2 is 2.07 bits per heavy atom. The van der Waals surface area contributed by atoms with Crippen LogP contribution < -0.4 is 15.5 Å². The van der Waals surface area contributed by atoms with Crippen LogP contribution >= 0.6 is 11.3 Å². The molecular weight excluding hydrogens is 358 g/mol. The van der Waals surface area contributed by atoms with Gasteiger partial charge in [-0.25, -0.2) is 4.98 Å². The van der Waals surface area contributed by atoms with Crippen molar-refractivity contribution < 1.29 is 4.74 Å². The van der Waals surface area contributed by atoms with Crippen LogP contribution in [-0.2, 0) is 16.7 Å². The third-order valence-corrected chi connectivity index (χ3v) is 5.97. The number of nitrogens with zero attached hydrogens (tertiary/aromatic N) is 3. The highest BCUT2D eigenvalue weighted by molar-refractivity contribution is 7.10. The van der Waals surface area contributed by atoms with Crippen LogP contribution in [0.1, 0.15) is 24.3 Å². The van der Waals surface area contributed by atoms with Crippen LogP contribution in [0.25, 0.3) is 0 Å². The van der Waals surface area contributed by atoms with Gasteiger partial charge in [-0.2, -0.15) is 0 Å². The van der Waals surface area contributed by atoms with E-state index in [1.807, 2.05) is 12.3 Å². The van der Waals surface area contributed by atoms with Gasteiger partial charge in [-0.05, 0) is 17.5 Å². The average molecular weight is 388 g/mol. The molecule has 2 aromatic heterocycles. The number of hydrogen-bond acceptors (Lipinski definition) is 5. The molecule has 0 unspecified atom stereocenters. The van der Waals surface area contributed by atoms with Gasteiger partial charge in [0.1, 0.15) is 5.82 Å². The van der Waals surface area contributed by atoms with Crippen molar-refractivity contribution in [1.82, 2.24) is 15.6 Å². The number of pyridine rings is 1. The van der Waals surface area contributed by atoms with E-state index in [-0.39, 0.29) is 5.41 Å². The third kappa shape index (κ3) is 5.20. The minimum absolute atomic E-state index is 0.0546. The van der Waals surface area contributed by atoms with Crippen LogP contribution in [0.3, 0.4) is 0 Å². The van der Waals surface area contributed by atoms with Crippen molar-refractivity contribution in [2.45, 2.75) is 25.8 Å². The summed E-state index contributed by atoms with van der Waals surface area (Å²) in [7, 11) is 1.81. The van der Waals surface area contributed by atoms with Crippen LogP contribution in [0.15, 0.2) is 40.8 Å². The molecule has 0 aromatic carbocycles. The van der Waals surface area contributed by atoms with E-state index in [1.54, 1.807) is 18.4 Å². The van der Waals surface area contributed by atoms with Crippen molar-refractivity contribution in [1.29, 1.82) is 0 Å². The second kappa shape index (κ2) is 9.19. The van der Waals surface area contributed by atoms with Gasteiger partial charge in [0.25, 0.3) is 0 Å². The molecule has 0 spiro atoms. The Bertz CT molecular complexity index is 739. The summed E-state index contributed by atoms with van der Waals surface area (Å²) in [5.74, 6) is 1.83. The quantitative estimate of drug-likeness (QED) is 0.589. The topological polar surface area (TPSA) is 61.8 Å². The molecule has 0 bridgehead atoms. The fourth-order valence-electron chi connectivity index (χ4n) is 3.08. The van der Waals surface area contributed by atoms with E-state index in [1.165, 1.54) is 10.4 Å². The number of rotatable bonds is 6. The predicted octanol–water partition coefficient (Wildman–Crippen LogP) is 2.62. The molecule has 1 aliphatic heterocycles. The van der Waals surface area contributed by atoms with E-state index < -0.39 is 0 Å². The van der Waals surface area contributed by atoms with Crippen molar-refractivity contribution in [2.24, 2.45) is 4.99 Å². The molecule has 27 heavy (non-hydrogen) atoms. The molecule has 0 radical (unpaired) electrons. The molecule has 6 nitrogen and oxygen atoms in total. The summed E-state index contributed by atoms with van der Waals surface area (Å²) in [5, 5.41) is 9.01. The molecule has 7 heteroatoms. The highest BCUT2D eigenvalue weighted by Gasteiger charge is 2.22. The first kappa shape index (κ1) is 19.6. The van der Waals surface area contributed by atoms with Gasteiger partial charge in [-0.15, -0.1) is 11.3 Å². The Hall–Kier alpha value is -2.12. The lowest BCUT2D eigenvalue weighted by molar-refractivity contribution is 0.122. The zero-order valence-corrected chi connectivity index (χ0v) is 17.2. The molecule has 1 saturated heterocycles. The van der Waals surface area contributed by atoms with Gasteiger partial charge in [0.15, 0.2) is 5.96 Å². The monoisotopic (exact) mass is 387 g/mol. The summed E-state index contributed by atoms with van der Waals surface area (Å²) in [6.45, 7) is 9.26. The molecule has 3 heterocycles. The first-order valence-corrected chi connectivity index (χ1v) is 10.2. The van der Waals surface area contributed by atoms with Gasteiger partial charge in [-0.3, -0.25) is 4.99 Å². The first-order valence-electron chi connectivity index (χ1n) is 9.35. The zero-order chi connectivity index (χ0) is 19.1. The Kier molecular flexibility index (Phi) is 6.68. The third-order valence-electron chi connectivity index (χ3n) is 4.73. The first-order chi connectivity index (χ1) is 13.1. The van der Waals surface area contributed by atoms with E-state index in [9.17, 15) is 0 Å². The van der Waals surface area contributed by atoms with E-state index in [4.69, 9.17) is 4.74 Å². The van der Waals surface area contributed by atoms with Crippen molar-refractivity contribution in [3.05, 3.63) is 46.3 Å². The zero-order valence-electron chi connectivity index (χ0n) is 16.4. The van der Waals surface area contributed by atoms with Gasteiger partial charge >= 0.3 is 0 Å². The fourth-order valence-corrected chi connectivity index (χ4v) is 3.94. The number of thiophene rings is 1. The number of guanidine groups is 1. The number of anilines is 1. The molecule has 1 fully saturated rings. The van der Waals surface area contributed by atoms with E-state index >= 15 is 0 Å². The fraction of sp³-hybridized carbons (Fsp3) is 0.500. The van der Waals surface area contributed by atoms with Crippen molar-refractivity contribution >= 4 is 23.1 Å². The lowest BCUT2D eigenvalue weighted by Crippen LogP contribution is -2.43. The molecule has 2 aromatic rings. The van der Waals surface area contributed by atoms with Crippen LogP contribution in [-0.4, -0.2) is 50.8 Å². The number of aliphatic imine (C=N–C) groups is 1. The van der Waals surface area contributed by atoms with Crippen LogP contribution in [0, 0.1) is 0 Å². The average Bonchev–Trinajstić information content (AvgIpc) is 3.25. The smallest absolute Gasteiger partial charge is 0.191 e. The van der Waals surface area contributed by atoms with Crippen LogP contribution in [0.4, 0.5) is 5.82 Å². The minimum atomic E-state index is 0.0546. The normalized spacial score (nSPS) is 15.7. The van der Waals surface area contributed by atoms with Gasteiger partial charge < -0.3 is 20.3 Å². The number of aromatic nitrogens is 1. The van der Waals surface area contributed by atoms with E-state index in [0.717, 1.165) is 44.6 Å². The van der Waals surface area contributed by atoms with Crippen LogP contribution in [0.5, 0.6) is 0 Å². The lowest BCUT2D eigenvalue weighted by Gasteiger charge is -2.29. The molecule has 2 N–H and O–H groups in total. The molecule has 146 valence electrons. The maximum Gasteiger partial charge on any atom is 0.191 e. The van der Waals surface area contributed by atoms with Crippen molar-refractivity contribution in [2.75, 3.05) is 44.8 Å². The van der Waals surface area contributed by atoms with E-state index in [2.05, 4.69) is 62.9 Å². The Labute approximate surface area is 165 Å². The Balaban J connectivity index is 1.58. The summed E-state index contributed by atoms with van der Waals surface area (Å²) >= 11 is 1.79. The van der Waals surface area contributed by atoms with Crippen LogP contribution in [0.2, 0.25) is 0 Å². The number of ether oxygens (including phenoxy) is 1. The summed E-state index contributed by atoms with van der Waals surface area (Å²) in [4.78, 5) is 12.6. The number of hydrogen-bond donors (Lipinski definition) is 2. The standard InChI is InChI=1S/C20H29N5OS/c1-20(2,17-7-5-13-27-17)15-24-19(21-3)23-14-16-6-4-8-22-18(16)25-9-11-26-12-10-25/h4-8,13H,9-12,14-15H2,1-3H3,(H2,21,23,24). The summed E-state index contributed by atoms with van der Waals surface area (Å²) in [5.41, 5.74) is 1.22. The van der Waals surface area contributed by atoms with Gasteiger partial charge in [0.2, 0.25) is 0 Å². The summed E-state index contributed by atoms with van der Waals surface area (Å²) in [6.07, 6.45) is 1.85. The molecule has 0 amide bonds. The lowest BCUT2D eigenvalue weighted by atomic mass is 9.91. The maximum atomic E-state index is 5.46. The molecule has 3 rings (SSSR count). The van der Waals surface area contributed by atoms with Gasteiger partial charge in [0, 0.05) is 55.3 Å². The van der Waals surface area contributed by atoms with Gasteiger partial charge in [0.05, 0.1) is 13.2 Å². The molecule has 0 saturated carbocycles. The SMILES string of the molecule is CN=C(NCc1cccnc1N1CCOCC1)NCC(C)(C)c1cccs1. The molecule has 1 aliphatic rings. The Morgan fingerprint density at radius 1 is 1.26 bits per heavy atom. The minimum Gasteiger partial charge on any atom is -0.378 e. The van der Waals surface area contributed by atoms with Crippen molar-refractivity contribution in [3.8, 4) is 0 Å². The second-order valence-electron chi connectivity index (χ2n) is 7.23. The highest BCUT2D eigenvalue weighted by atomic mass is 32.1. The predicted molar refractivity (Wildman–Crippen MR) is 113 cm³/mol. The molecule has 0 atom stereocenters. The number of morpholine rings is 1. The maximum absolute atomic E-state index is 5.46. The van der Waals surface area contributed by atoms with Gasteiger partial charge in [-0.1, -0.05) is 26.0 Å². The largest absolute Gasteiger partial charge is 0.378 e. The summed E-state index contributed by atoms with van der Waals surface area (Å²) in [6, 6.07) is 8.39. The molecular formula is C20H29N5OS. The van der Waals surface area contributed by atoms with Crippen molar-refractivity contribution in [3.63, 3.8) is 0 Å². The van der Waals surface area contributed by atoms with E-state index in [0.29, 0.717) is 6.54 Å².